The van der Waals surface area contributed by atoms with E-state index in [1.807, 2.05) is 60.7 Å². The lowest BCUT2D eigenvalue weighted by molar-refractivity contribution is -0.121. The molecule has 0 bridgehead atoms. The summed E-state index contributed by atoms with van der Waals surface area (Å²) in [6.45, 7) is 0.211. The van der Waals surface area contributed by atoms with Gasteiger partial charge in [-0.15, -0.1) is 11.8 Å². The fourth-order valence-corrected chi connectivity index (χ4v) is 3.31. The summed E-state index contributed by atoms with van der Waals surface area (Å²) in [5.74, 6) is 1.41. The third-order valence-corrected chi connectivity index (χ3v) is 4.98. The number of amides is 2. The summed E-state index contributed by atoms with van der Waals surface area (Å²) in [6, 6.07) is 22.5. The molecule has 0 fully saturated rings. The summed E-state index contributed by atoms with van der Waals surface area (Å²) in [4.78, 5) is 25.1. The van der Waals surface area contributed by atoms with Gasteiger partial charge >= 0.3 is 5.91 Å². The molecule has 0 saturated carbocycles. The van der Waals surface area contributed by atoms with E-state index in [2.05, 4.69) is 10.9 Å². The van der Waals surface area contributed by atoms with Crippen molar-refractivity contribution in [1.82, 2.24) is 10.9 Å². The van der Waals surface area contributed by atoms with Crippen LogP contribution >= 0.6 is 11.8 Å². The SMILES string of the molecule is O=C(CCCSc1ccccc1)NNC(=O)c1ccc(COc2ccccc2)o1. The summed E-state index contributed by atoms with van der Waals surface area (Å²) in [5.41, 5.74) is 4.77. The molecule has 1 heterocycles. The average molecular weight is 410 g/mol. The van der Waals surface area contributed by atoms with Crippen molar-refractivity contribution >= 4 is 23.6 Å². The fraction of sp³-hybridized carbons (Fsp3) is 0.182. The highest BCUT2D eigenvalue weighted by atomic mass is 32.2. The molecular formula is C22H22N2O4S. The number of hydrogen-bond acceptors (Lipinski definition) is 5. The van der Waals surface area contributed by atoms with Crippen LogP contribution in [0, 0.1) is 0 Å². The van der Waals surface area contributed by atoms with Crippen molar-refractivity contribution in [2.24, 2.45) is 0 Å². The molecule has 1 aromatic heterocycles. The van der Waals surface area contributed by atoms with Crippen LogP contribution in [0.5, 0.6) is 5.75 Å². The Balaban J connectivity index is 1.33. The maximum Gasteiger partial charge on any atom is 0.305 e. The van der Waals surface area contributed by atoms with Crippen LogP contribution in [-0.2, 0) is 11.4 Å². The Morgan fingerprint density at radius 3 is 2.38 bits per heavy atom. The number of ether oxygens (including phenoxy) is 1. The maximum atomic E-state index is 12.1. The fourth-order valence-electron chi connectivity index (χ4n) is 2.44. The van der Waals surface area contributed by atoms with Gasteiger partial charge in [0.05, 0.1) is 0 Å². The van der Waals surface area contributed by atoms with E-state index in [9.17, 15) is 9.59 Å². The molecule has 0 saturated heterocycles. The Morgan fingerprint density at radius 1 is 0.897 bits per heavy atom. The molecule has 2 aromatic carbocycles. The lowest BCUT2D eigenvalue weighted by Gasteiger charge is -2.06. The summed E-state index contributed by atoms with van der Waals surface area (Å²) in [6.07, 6.45) is 1.04. The number of furan rings is 1. The molecule has 0 spiro atoms. The summed E-state index contributed by atoms with van der Waals surface area (Å²) in [5, 5.41) is 0. The molecule has 3 rings (SSSR count). The molecular weight excluding hydrogens is 388 g/mol. The number of benzene rings is 2. The monoisotopic (exact) mass is 410 g/mol. The average Bonchev–Trinajstić information content (AvgIpc) is 3.24. The van der Waals surface area contributed by atoms with E-state index in [1.54, 1.807) is 23.9 Å². The van der Waals surface area contributed by atoms with Crippen molar-refractivity contribution in [2.45, 2.75) is 24.3 Å². The Hall–Kier alpha value is -3.19. The van der Waals surface area contributed by atoms with Crippen molar-refractivity contribution in [1.29, 1.82) is 0 Å². The van der Waals surface area contributed by atoms with Crippen molar-refractivity contribution in [3.63, 3.8) is 0 Å². The van der Waals surface area contributed by atoms with Crippen molar-refractivity contribution < 1.29 is 18.7 Å². The Labute approximate surface area is 173 Å². The minimum atomic E-state index is -0.511. The number of hydrazine groups is 1. The standard InChI is InChI=1S/C22H22N2O4S/c25-21(12-7-15-29-19-10-5-2-6-11-19)23-24-22(26)20-14-13-18(28-20)16-27-17-8-3-1-4-9-17/h1-6,8-11,13-14H,7,12,15-16H2,(H,23,25)(H,24,26). The number of hydrogen-bond donors (Lipinski definition) is 2. The number of nitrogens with one attached hydrogen (secondary N) is 2. The second-order valence-electron chi connectivity index (χ2n) is 6.14. The van der Waals surface area contributed by atoms with Gasteiger partial charge in [-0.2, -0.15) is 0 Å². The second-order valence-corrected chi connectivity index (χ2v) is 7.30. The lowest BCUT2D eigenvalue weighted by atomic mass is 10.3. The molecule has 0 aliphatic heterocycles. The van der Waals surface area contributed by atoms with Crippen molar-refractivity contribution in [2.75, 3.05) is 5.75 Å². The molecule has 2 amide bonds. The zero-order valence-electron chi connectivity index (χ0n) is 15.8. The Morgan fingerprint density at radius 2 is 1.62 bits per heavy atom. The Bertz CT molecular complexity index is 913. The van der Waals surface area contributed by atoms with Gasteiger partial charge in [-0.25, -0.2) is 0 Å². The quantitative estimate of drug-likeness (QED) is 0.314. The number of thioether (sulfide) groups is 1. The van der Waals surface area contributed by atoms with Crippen molar-refractivity contribution in [3.8, 4) is 5.75 Å². The maximum absolute atomic E-state index is 12.1. The van der Waals surface area contributed by atoms with Gasteiger partial charge in [-0.05, 0) is 48.6 Å². The number of rotatable bonds is 9. The van der Waals surface area contributed by atoms with E-state index in [4.69, 9.17) is 9.15 Å². The van der Waals surface area contributed by atoms with Gasteiger partial charge in [0.25, 0.3) is 0 Å². The van der Waals surface area contributed by atoms with E-state index >= 15 is 0 Å². The predicted molar refractivity (Wildman–Crippen MR) is 111 cm³/mol. The molecule has 0 atom stereocenters. The van der Waals surface area contributed by atoms with Crippen LogP contribution in [0.4, 0.5) is 0 Å². The predicted octanol–water partition coefficient (Wildman–Crippen LogP) is 4.19. The van der Waals surface area contributed by atoms with E-state index in [-0.39, 0.29) is 18.3 Å². The molecule has 2 N–H and O–H groups in total. The third kappa shape index (κ3) is 7.04. The Kier molecular flexibility index (Phi) is 7.77. The first-order valence-corrected chi connectivity index (χ1v) is 10.2. The van der Waals surface area contributed by atoms with Crippen LogP contribution in [0.15, 0.2) is 82.1 Å². The van der Waals surface area contributed by atoms with Crippen LogP contribution in [0.1, 0.15) is 29.2 Å². The highest BCUT2D eigenvalue weighted by Crippen LogP contribution is 2.18. The molecule has 0 aliphatic rings. The first kappa shape index (κ1) is 20.5. The van der Waals surface area contributed by atoms with Crippen LogP contribution in [0.25, 0.3) is 0 Å². The van der Waals surface area contributed by atoms with Gasteiger partial charge in [0.1, 0.15) is 18.1 Å². The largest absolute Gasteiger partial charge is 0.486 e. The van der Waals surface area contributed by atoms with Crippen LogP contribution in [-0.4, -0.2) is 17.6 Å². The highest BCUT2D eigenvalue weighted by Gasteiger charge is 2.12. The van der Waals surface area contributed by atoms with Gasteiger partial charge < -0.3 is 9.15 Å². The second kappa shape index (κ2) is 11.0. The molecule has 0 radical (unpaired) electrons. The van der Waals surface area contributed by atoms with E-state index in [0.29, 0.717) is 24.4 Å². The third-order valence-electron chi connectivity index (χ3n) is 3.89. The van der Waals surface area contributed by atoms with Crippen LogP contribution in [0.2, 0.25) is 0 Å². The van der Waals surface area contributed by atoms with Crippen molar-refractivity contribution in [3.05, 3.63) is 84.3 Å². The zero-order valence-corrected chi connectivity index (χ0v) is 16.6. The first-order valence-electron chi connectivity index (χ1n) is 9.24. The van der Waals surface area contributed by atoms with Gasteiger partial charge in [-0.1, -0.05) is 36.4 Å². The van der Waals surface area contributed by atoms with Gasteiger partial charge in [-0.3, -0.25) is 20.4 Å². The van der Waals surface area contributed by atoms with Crippen LogP contribution < -0.4 is 15.6 Å². The van der Waals surface area contributed by atoms with Gasteiger partial charge in [0.2, 0.25) is 5.91 Å². The molecule has 6 nitrogen and oxygen atoms in total. The van der Waals surface area contributed by atoms with E-state index in [1.165, 1.54) is 4.90 Å². The summed E-state index contributed by atoms with van der Waals surface area (Å²) in [7, 11) is 0. The smallest absolute Gasteiger partial charge is 0.305 e. The molecule has 7 heteroatoms. The lowest BCUT2D eigenvalue weighted by Crippen LogP contribution is -2.41. The van der Waals surface area contributed by atoms with Crippen LogP contribution in [0.3, 0.4) is 0 Å². The van der Waals surface area contributed by atoms with E-state index < -0.39 is 5.91 Å². The topological polar surface area (TPSA) is 80.6 Å². The minimum absolute atomic E-state index is 0.108. The number of carbonyl (C=O) groups excluding carboxylic acids is 2. The highest BCUT2D eigenvalue weighted by molar-refractivity contribution is 7.99. The van der Waals surface area contributed by atoms with E-state index in [0.717, 1.165) is 5.75 Å². The summed E-state index contributed by atoms with van der Waals surface area (Å²) >= 11 is 1.70. The van der Waals surface area contributed by atoms with Gasteiger partial charge in [0, 0.05) is 11.3 Å². The molecule has 0 aliphatic carbocycles. The molecule has 150 valence electrons. The number of carbonyl (C=O) groups is 2. The number of para-hydroxylation sites is 1. The molecule has 0 unspecified atom stereocenters. The minimum Gasteiger partial charge on any atom is -0.486 e. The molecule has 3 aromatic rings. The van der Waals surface area contributed by atoms with Gasteiger partial charge in [0.15, 0.2) is 5.76 Å². The summed E-state index contributed by atoms with van der Waals surface area (Å²) < 4.78 is 11.0. The zero-order chi connectivity index (χ0) is 20.3. The molecule has 29 heavy (non-hydrogen) atoms. The first-order chi connectivity index (χ1) is 14.2. The normalized spacial score (nSPS) is 10.3.